The van der Waals surface area contributed by atoms with Gasteiger partial charge in [-0.25, -0.2) is 9.97 Å². The largest absolute Gasteiger partial charge is 0.373 e. The molecule has 1 aromatic heterocycles. The van der Waals surface area contributed by atoms with Crippen LogP contribution < -0.4 is 5.32 Å². The van der Waals surface area contributed by atoms with Gasteiger partial charge in [-0.15, -0.1) is 0 Å². The van der Waals surface area contributed by atoms with Gasteiger partial charge in [0, 0.05) is 24.2 Å². The SMILES string of the molecule is CNc1nc(C2CC2(C)C)nc(C)c1C. The first-order valence-electron chi connectivity index (χ1n) is 5.48. The fourth-order valence-corrected chi connectivity index (χ4v) is 1.96. The molecule has 1 N–H and O–H groups in total. The molecular weight excluding hydrogens is 186 g/mol. The zero-order chi connectivity index (χ0) is 11.2. The van der Waals surface area contributed by atoms with Crippen molar-refractivity contribution in [3.05, 3.63) is 17.1 Å². The number of hydrogen-bond donors (Lipinski definition) is 1. The Morgan fingerprint density at radius 1 is 1.27 bits per heavy atom. The van der Waals surface area contributed by atoms with Crippen molar-refractivity contribution in [3.63, 3.8) is 0 Å². The third kappa shape index (κ3) is 1.71. The highest BCUT2D eigenvalue weighted by molar-refractivity contribution is 5.45. The molecule has 1 saturated carbocycles. The van der Waals surface area contributed by atoms with E-state index in [1.807, 2.05) is 7.05 Å². The Balaban J connectivity index is 2.39. The molecule has 1 heterocycles. The summed E-state index contributed by atoms with van der Waals surface area (Å²) >= 11 is 0. The molecule has 0 bridgehead atoms. The van der Waals surface area contributed by atoms with Crippen molar-refractivity contribution in [2.24, 2.45) is 5.41 Å². The molecule has 3 nitrogen and oxygen atoms in total. The summed E-state index contributed by atoms with van der Waals surface area (Å²) in [4.78, 5) is 9.17. The van der Waals surface area contributed by atoms with E-state index in [0.29, 0.717) is 11.3 Å². The molecule has 1 fully saturated rings. The minimum Gasteiger partial charge on any atom is -0.373 e. The predicted molar refractivity (Wildman–Crippen MR) is 62.2 cm³/mol. The molecule has 15 heavy (non-hydrogen) atoms. The van der Waals surface area contributed by atoms with Crippen LogP contribution >= 0.6 is 0 Å². The summed E-state index contributed by atoms with van der Waals surface area (Å²) in [7, 11) is 1.91. The summed E-state index contributed by atoms with van der Waals surface area (Å²) in [6, 6.07) is 0. The summed E-state index contributed by atoms with van der Waals surface area (Å²) in [6.45, 7) is 8.66. The molecule has 2 rings (SSSR count). The maximum atomic E-state index is 4.59. The number of aromatic nitrogens is 2. The third-order valence-corrected chi connectivity index (χ3v) is 3.47. The molecule has 0 radical (unpaired) electrons. The van der Waals surface area contributed by atoms with Gasteiger partial charge in [0.2, 0.25) is 0 Å². The second-order valence-electron chi connectivity index (χ2n) is 5.14. The van der Waals surface area contributed by atoms with Gasteiger partial charge in [0.25, 0.3) is 0 Å². The van der Waals surface area contributed by atoms with Gasteiger partial charge >= 0.3 is 0 Å². The smallest absolute Gasteiger partial charge is 0.134 e. The van der Waals surface area contributed by atoms with Crippen LogP contribution in [-0.4, -0.2) is 17.0 Å². The molecule has 0 amide bonds. The number of rotatable bonds is 2. The highest BCUT2D eigenvalue weighted by Crippen LogP contribution is 2.57. The third-order valence-electron chi connectivity index (χ3n) is 3.47. The molecule has 1 atom stereocenters. The standard InChI is InChI=1S/C12H19N3/c1-7-8(2)14-11(15-10(7)13-5)9-6-12(9,3)4/h9H,6H2,1-5H3,(H,13,14,15). The molecule has 0 aromatic carbocycles. The average Bonchev–Trinajstić information content (AvgIpc) is 2.80. The van der Waals surface area contributed by atoms with Gasteiger partial charge < -0.3 is 5.32 Å². The van der Waals surface area contributed by atoms with Crippen molar-refractivity contribution >= 4 is 5.82 Å². The number of nitrogens with one attached hydrogen (secondary N) is 1. The molecule has 0 saturated heterocycles. The van der Waals surface area contributed by atoms with Crippen molar-refractivity contribution in [1.82, 2.24) is 9.97 Å². The maximum Gasteiger partial charge on any atom is 0.134 e. The highest BCUT2D eigenvalue weighted by Gasteiger charge is 2.48. The van der Waals surface area contributed by atoms with Crippen LogP contribution in [0.15, 0.2) is 0 Å². The van der Waals surface area contributed by atoms with Gasteiger partial charge in [-0.2, -0.15) is 0 Å². The second kappa shape index (κ2) is 3.19. The lowest BCUT2D eigenvalue weighted by Gasteiger charge is -2.10. The Labute approximate surface area is 91.3 Å². The van der Waals surface area contributed by atoms with Gasteiger partial charge in [-0.1, -0.05) is 13.8 Å². The van der Waals surface area contributed by atoms with Crippen LogP contribution in [0.25, 0.3) is 0 Å². The van der Waals surface area contributed by atoms with Crippen molar-refractivity contribution in [1.29, 1.82) is 0 Å². The lowest BCUT2D eigenvalue weighted by molar-refractivity contribution is 0.607. The van der Waals surface area contributed by atoms with Gasteiger partial charge in [0.1, 0.15) is 11.6 Å². The fourth-order valence-electron chi connectivity index (χ4n) is 1.96. The lowest BCUT2D eigenvalue weighted by Crippen LogP contribution is -2.06. The summed E-state index contributed by atoms with van der Waals surface area (Å²) in [5, 5.41) is 3.14. The van der Waals surface area contributed by atoms with Crippen LogP contribution in [0.1, 0.15) is 43.3 Å². The summed E-state index contributed by atoms with van der Waals surface area (Å²) < 4.78 is 0. The van der Waals surface area contributed by atoms with Crippen LogP contribution in [0.2, 0.25) is 0 Å². The summed E-state index contributed by atoms with van der Waals surface area (Å²) in [5.74, 6) is 2.52. The number of nitrogens with zero attached hydrogens (tertiary/aromatic N) is 2. The van der Waals surface area contributed by atoms with Crippen LogP contribution in [-0.2, 0) is 0 Å². The van der Waals surface area contributed by atoms with Crippen LogP contribution in [0, 0.1) is 19.3 Å². The lowest BCUT2D eigenvalue weighted by atomic mass is 10.1. The average molecular weight is 205 g/mol. The van der Waals surface area contributed by atoms with E-state index in [1.54, 1.807) is 0 Å². The van der Waals surface area contributed by atoms with E-state index < -0.39 is 0 Å². The molecule has 1 aliphatic rings. The summed E-state index contributed by atoms with van der Waals surface area (Å²) in [5.41, 5.74) is 2.64. The van der Waals surface area contributed by atoms with Crippen molar-refractivity contribution in [2.45, 2.75) is 40.0 Å². The van der Waals surface area contributed by atoms with Gasteiger partial charge in [0.05, 0.1) is 0 Å². The van der Waals surface area contributed by atoms with Crippen molar-refractivity contribution < 1.29 is 0 Å². The predicted octanol–water partition coefficient (Wildman–Crippen LogP) is 2.65. The van der Waals surface area contributed by atoms with E-state index in [0.717, 1.165) is 22.9 Å². The summed E-state index contributed by atoms with van der Waals surface area (Å²) in [6.07, 6.45) is 1.21. The minimum absolute atomic E-state index is 0.396. The number of hydrogen-bond acceptors (Lipinski definition) is 3. The van der Waals surface area contributed by atoms with E-state index in [-0.39, 0.29) is 0 Å². The zero-order valence-corrected chi connectivity index (χ0v) is 10.2. The second-order valence-corrected chi connectivity index (χ2v) is 5.14. The molecule has 0 aliphatic heterocycles. The molecule has 0 spiro atoms. The van der Waals surface area contributed by atoms with Gasteiger partial charge in [-0.05, 0) is 25.7 Å². The zero-order valence-electron chi connectivity index (χ0n) is 10.2. The number of aryl methyl sites for hydroxylation is 1. The molecule has 1 aliphatic carbocycles. The fraction of sp³-hybridized carbons (Fsp3) is 0.667. The Kier molecular flexibility index (Phi) is 2.21. The van der Waals surface area contributed by atoms with Crippen molar-refractivity contribution in [2.75, 3.05) is 12.4 Å². The first-order chi connectivity index (χ1) is 6.95. The maximum absolute atomic E-state index is 4.59. The van der Waals surface area contributed by atoms with E-state index in [2.05, 4.69) is 43.0 Å². The van der Waals surface area contributed by atoms with Crippen LogP contribution in [0.4, 0.5) is 5.82 Å². The first-order valence-corrected chi connectivity index (χ1v) is 5.48. The van der Waals surface area contributed by atoms with Crippen molar-refractivity contribution in [3.8, 4) is 0 Å². The molecule has 1 aromatic rings. The molecule has 3 heteroatoms. The Hall–Kier alpha value is -1.12. The van der Waals surface area contributed by atoms with E-state index in [4.69, 9.17) is 0 Å². The molecule has 1 unspecified atom stereocenters. The van der Waals surface area contributed by atoms with Crippen LogP contribution in [0.3, 0.4) is 0 Å². The van der Waals surface area contributed by atoms with Crippen LogP contribution in [0.5, 0.6) is 0 Å². The Morgan fingerprint density at radius 3 is 2.33 bits per heavy atom. The topological polar surface area (TPSA) is 37.8 Å². The number of anilines is 1. The van der Waals surface area contributed by atoms with Gasteiger partial charge in [0.15, 0.2) is 0 Å². The Morgan fingerprint density at radius 2 is 1.87 bits per heavy atom. The molecular formula is C12H19N3. The highest BCUT2D eigenvalue weighted by atomic mass is 15.0. The van der Waals surface area contributed by atoms with E-state index in [9.17, 15) is 0 Å². The van der Waals surface area contributed by atoms with E-state index >= 15 is 0 Å². The molecule has 82 valence electrons. The van der Waals surface area contributed by atoms with E-state index in [1.165, 1.54) is 6.42 Å². The normalized spacial score (nSPS) is 22.6. The minimum atomic E-state index is 0.396. The first kappa shape index (κ1) is 10.4. The quantitative estimate of drug-likeness (QED) is 0.806. The van der Waals surface area contributed by atoms with Gasteiger partial charge in [-0.3, -0.25) is 0 Å². The Bertz CT molecular complexity index is 396. The monoisotopic (exact) mass is 205 g/mol.